The molecule has 10 rings (SSSR count). The number of hydrogen-bond acceptors (Lipinski definition) is 5. The standard InChI is InChI=1S/C78H128O6/c1-16-17-18-19-20-21-22-23-24-25-26-27-28-29-34-78(65(83)84,51-68(6)39-41-70(8)43-45-74(12)53(55(70)49-68)47-57(79)63-72(10)35-32-61(81)66(2,3)59(72)30-37-76(63,74)14)52-69(7)40-42-71(9)44-46-75(13)54(56(71)50-69)48-58(80)64-73(11)36-33-62(82)67(4,5)60(73)31-38-77(64,75)15/h47-48,55-56,59-64,81-82H,16-46,49-52H2,1-15H3,(H,83,84)/t55-,56-,59?,60?,61+,62+,63?,64?,68+,69+,70-,71-,72+,73+,74-,75-,76-,77-,78?/m1/s1. The van der Waals surface area contributed by atoms with Crippen LogP contribution in [0.3, 0.4) is 0 Å². The van der Waals surface area contributed by atoms with Crippen molar-refractivity contribution in [3.63, 3.8) is 0 Å². The van der Waals surface area contributed by atoms with E-state index in [4.69, 9.17) is 0 Å². The number of carbonyl (C=O) groups is 3. The molecule has 84 heavy (non-hydrogen) atoms. The number of carbonyl (C=O) groups excluding carboxylic acids is 2. The van der Waals surface area contributed by atoms with Gasteiger partial charge in [0.1, 0.15) is 0 Å². The van der Waals surface area contributed by atoms with Crippen LogP contribution in [0.5, 0.6) is 0 Å². The number of ketones is 2. The van der Waals surface area contributed by atoms with Crippen LogP contribution < -0.4 is 0 Å². The Bertz CT molecular complexity index is 2390. The summed E-state index contributed by atoms with van der Waals surface area (Å²) in [5, 5.41) is 35.1. The minimum atomic E-state index is -0.879. The third-order valence-electron chi connectivity index (χ3n) is 31.3. The molecule has 0 heterocycles. The Balaban J connectivity index is 0.929. The Morgan fingerprint density at radius 1 is 0.464 bits per heavy atom. The van der Waals surface area contributed by atoms with Crippen LogP contribution in [-0.4, -0.2) is 45.1 Å². The van der Waals surface area contributed by atoms with Crippen LogP contribution in [0.2, 0.25) is 0 Å². The van der Waals surface area contributed by atoms with Crippen molar-refractivity contribution in [1.82, 2.24) is 0 Å². The molecule has 0 amide bonds. The number of aliphatic hydroxyl groups is 2. The quantitative estimate of drug-likeness (QED) is 0.105. The third-order valence-corrected chi connectivity index (χ3v) is 31.3. The van der Waals surface area contributed by atoms with Gasteiger partial charge in [-0.1, -0.05) is 205 Å². The van der Waals surface area contributed by atoms with Gasteiger partial charge in [0.25, 0.3) is 0 Å². The van der Waals surface area contributed by atoms with Crippen LogP contribution in [0, 0.1) is 106 Å². The highest BCUT2D eigenvalue weighted by Gasteiger charge is 2.73. The maximum absolute atomic E-state index is 15.4. The molecule has 0 saturated heterocycles. The Morgan fingerprint density at radius 2 is 0.810 bits per heavy atom. The van der Waals surface area contributed by atoms with E-state index in [-0.39, 0.29) is 101 Å². The van der Waals surface area contributed by atoms with Crippen LogP contribution in [-0.2, 0) is 14.4 Å². The molecule has 3 N–H and O–H groups in total. The monoisotopic (exact) mass is 1160 g/mol. The zero-order chi connectivity index (χ0) is 61.2. The molecule has 8 saturated carbocycles. The van der Waals surface area contributed by atoms with E-state index >= 15 is 14.4 Å². The van der Waals surface area contributed by atoms with E-state index in [0.717, 1.165) is 135 Å². The third kappa shape index (κ3) is 10.3. The van der Waals surface area contributed by atoms with Crippen molar-refractivity contribution >= 4 is 17.5 Å². The smallest absolute Gasteiger partial charge is 0.309 e. The summed E-state index contributed by atoms with van der Waals surface area (Å²) >= 11 is 0. The fourth-order valence-electron chi connectivity index (χ4n) is 25.6. The molecule has 0 aromatic heterocycles. The van der Waals surface area contributed by atoms with Gasteiger partial charge in [0.05, 0.1) is 17.6 Å². The predicted octanol–water partition coefficient (Wildman–Crippen LogP) is 20.4. The molecule has 4 unspecified atom stereocenters. The highest BCUT2D eigenvalue weighted by Crippen LogP contribution is 2.78. The number of aliphatic carboxylic acids is 1. The van der Waals surface area contributed by atoms with E-state index in [1.807, 2.05) is 0 Å². The van der Waals surface area contributed by atoms with Crippen molar-refractivity contribution in [2.75, 3.05) is 0 Å². The van der Waals surface area contributed by atoms with Crippen LogP contribution in [0.4, 0.5) is 0 Å². The van der Waals surface area contributed by atoms with Gasteiger partial charge in [-0.3, -0.25) is 14.4 Å². The zero-order valence-electron chi connectivity index (χ0n) is 57.1. The summed E-state index contributed by atoms with van der Waals surface area (Å²) in [6.07, 6.45) is 41.9. The van der Waals surface area contributed by atoms with E-state index in [1.54, 1.807) is 0 Å². The van der Waals surface area contributed by atoms with Gasteiger partial charge >= 0.3 is 5.97 Å². The Labute approximate surface area is 514 Å². The van der Waals surface area contributed by atoms with E-state index in [2.05, 4.69) is 116 Å². The highest BCUT2D eigenvalue weighted by atomic mass is 16.4. The summed E-state index contributed by atoms with van der Waals surface area (Å²) in [4.78, 5) is 45.8. The van der Waals surface area contributed by atoms with Crippen molar-refractivity contribution in [3.05, 3.63) is 23.3 Å². The maximum Gasteiger partial charge on any atom is 0.309 e. The van der Waals surface area contributed by atoms with Gasteiger partial charge in [-0.05, 0) is 236 Å². The summed E-state index contributed by atoms with van der Waals surface area (Å²) in [5.41, 5.74) is 0.355. The Hall–Kier alpha value is -1.79. The van der Waals surface area contributed by atoms with Gasteiger partial charge in [0, 0.05) is 11.8 Å². The lowest BCUT2D eigenvalue weighted by Crippen LogP contribution is -2.66. The molecule has 476 valence electrons. The summed E-state index contributed by atoms with van der Waals surface area (Å²) in [7, 11) is 0. The normalized spacial score (nSPS) is 47.2. The minimum Gasteiger partial charge on any atom is -0.481 e. The number of unbranched alkanes of at least 4 members (excludes halogenated alkanes) is 13. The topological polar surface area (TPSA) is 112 Å². The van der Waals surface area contributed by atoms with Crippen LogP contribution in [0.1, 0.15) is 329 Å². The molecule has 0 bridgehead atoms. The number of rotatable bonds is 20. The number of aliphatic hydroxyl groups excluding tert-OH is 2. The second-order valence-electron chi connectivity index (χ2n) is 37.0. The summed E-state index contributed by atoms with van der Waals surface area (Å²) in [6, 6.07) is 0. The Morgan fingerprint density at radius 3 is 1.17 bits per heavy atom. The van der Waals surface area contributed by atoms with Crippen molar-refractivity contribution in [3.8, 4) is 0 Å². The van der Waals surface area contributed by atoms with Gasteiger partial charge in [-0.2, -0.15) is 0 Å². The van der Waals surface area contributed by atoms with E-state index < -0.39 is 11.4 Å². The number of allylic oxidation sites excluding steroid dienone is 4. The largest absolute Gasteiger partial charge is 0.481 e. The lowest BCUT2D eigenvalue weighted by Gasteiger charge is -2.70. The van der Waals surface area contributed by atoms with E-state index in [9.17, 15) is 15.3 Å². The van der Waals surface area contributed by atoms with Crippen molar-refractivity contribution < 1.29 is 29.7 Å². The first kappa shape index (κ1) is 65.2. The first-order valence-electron chi connectivity index (χ1n) is 36.2. The minimum absolute atomic E-state index is 0.0575. The first-order chi connectivity index (χ1) is 39.1. The fraction of sp³-hybridized carbons (Fsp3) is 0.910. The second-order valence-corrected chi connectivity index (χ2v) is 37.0. The zero-order valence-corrected chi connectivity index (χ0v) is 57.1. The van der Waals surface area contributed by atoms with Gasteiger partial charge in [0.2, 0.25) is 0 Å². The molecule has 0 aromatic carbocycles. The van der Waals surface area contributed by atoms with Gasteiger partial charge in [-0.15, -0.1) is 0 Å². The highest BCUT2D eigenvalue weighted by molar-refractivity contribution is 5.96. The number of carboxylic acid groups (broad SMARTS) is 1. The van der Waals surface area contributed by atoms with Crippen LogP contribution in [0.15, 0.2) is 23.3 Å². The van der Waals surface area contributed by atoms with Gasteiger partial charge < -0.3 is 15.3 Å². The fourth-order valence-corrected chi connectivity index (χ4v) is 25.6. The molecule has 0 aromatic rings. The van der Waals surface area contributed by atoms with Crippen LogP contribution >= 0.6 is 0 Å². The molecule has 6 nitrogen and oxygen atoms in total. The molecular formula is C78H128O6. The van der Waals surface area contributed by atoms with E-state index in [0.29, 0.717) is 36.2 Å². The van der Waals surface area contributed by atoms with Crippen molar-refractivity contribution in [1.29, 1.82) is 0 Å². The average molecular weight is 1160 g/mol. The van der Waals surface area contributed by atoms with Gasteiger partial charge in [-0.25, -0.2) is 0 Å². The molecular weight excluding hydrogens is 1030 g/mol. The molecule has 10 aliphatic carbocycles. The molecule has 10 aliphatic rings. The first-order valence-corrected chi connectivity index (χ1v) is 36.2. The maximum atomic E-state index is 15.4. The summed E-state index contributed by atoms with van der Waals surface area (Å²) < 4.78 is 0. The average Bonchev–Trinajstić information content (AvgIpc) is 0.694. The predicted molar refractivity (Wildman–Crippen MR) is 345 cm³/mol. The molecule has 8 fully saturated rings. The van der Waals surface area contributed by atoms with E-state index in [1.165, 1.54) is 88.2 Å². The lowest BCUT2D eigenvalue weighted by molar-refractivity contribution is -0.202. The summed E-state index contributed by atoms with van der Waals surface area (Å²) in [5.74, 6) is 1.09. The lowest BCUT2D eigenvalue weighted by atomic mass is 9.33. The Kier molecular flexibility index (Phi) is 17.5. The number of fused-ring (bicyclic) bond motifs is 14. The summed E-state index contributed by atoms with van der Waals surface area (Å²) in [6.45, 7) is 36.4. The van der Waals surface area contributed by atoms with Crippen LogP contribution in [0.25, 0.3) is 0 Å². The molecule has 18 atom stereocenters. The molecule has 6 heteroatoms. The number of carboxylic acids is 1. The molecule has 0 aliphatic heterocycles. The SMILES string of the molecule is CCCCCCCCCCCCCCCCC(C[C@@]1(C)CC[C@]2(C)CC[C@]3(C)C(=CC(=O)C4[C@@]5(C)CC[C@H](O)C(C)(C)C5CC[C@]43C)[C@H]2C1)(C[C@@]1(C)CC[C@]2(C)CC[C@]3(C)C(=CC(=O)C4[C@@]5(C)CC[C@H](O)C(C)(C)C5CC[C@]43C)[C@H]2C1)C(=O)O. The molecule has 0 spiro atoms. The van der Waals surface area contributed by atoms with Gasteiger partial charge in [0.15, 0.2) is 11.6 Å². The van der Waals surface area contributed by atoms with Crippen molar-refractivity contribution in [2.24, 2.45) is 106 Å². The van der Waals surface area contributed by atoms with Crippen molar-refractivity contribution in [2.45, 2.75) is 341 Å². The number of hydrogen-bond donors (Lipinski definition) is 3. The molecule has 0 radical (unpaired) electrons. The second kappa shape index (κ2) is 22.6.